The van der Waals surface area contributed by atoms with Gasteiger partial charge in [0.05, 0.1) is 12.8 Å². The Balaban J connectivity index is 3.32. The molecule has 0 aliphatic carbocycles. The number of rotatable bonds is 6. The van der Waals surface area contributed by atoms with Crippen molar-refractivity contribution in [3.05, 3.63) is 28.8 Å². The Morgan fingerprint density at radius 3 is 2.33 bits per heavy atom. The van der Waals surface area contributed by atoms with Gasteiger partial charge in [-0.25, -0.2) is 0 Å². The number of carbonyl (C=O) groups is 2. The molecular formula is C16H23NO4. The molecule has 5 nitrogen and oxygen atoms in total. The first-order chi connectivity index (χ1) is 9.69. The Kier molecular flexibility index (Phi) is 5.49. The van der Waals surface area contributed by atoms with E-state index in [4.69, 9.17) is 15.6 Å². The van der Waals surface area contributed by atoms with Crippen LogP contribution in [0.1, 0.15) is 43.4 Å². The monoisotopic (exact) mass is 293 g/mol. The Bertz CT molecular complexity index is 549. The van der Waals surface area contributed by atoms with Gasteiger partial charge < -0.3 is 15.6 Å². The van der Waals surface area contributed by atoms with Crippen LogP contribution in [-0.4, -0.2) is 23.6 Å². The maximum absolute atomic E-state index is 11.8. The molecule has 0 radical (unpaired) electrons. The second kappa shape index (κ2) is 6.72. The quantitative estimate of drug-likeness (QED) is 0.620. The van der Waals surface area contributed by atoms with Crippen molar-refractivity contribution in [3.63, 3.8) is 0 Å². The van der Waals surface area contributed by atoms with Gasteiger partial charge in [0.2, 0.25) is 0 Å². The molecule has 21 heavy (non-hydrogen) atoms. The molecule has 1 aromatic carbocycles. The van der Waals surface area contributed by atoms with Crippen LogP contribution in [-0.2, 0) is 15.0 Å². The number of carboxylic acids is 1. The van der Waals surface area contributed by atoms with Gasteiger partial charge >= 0.3 is 11.9 Å². The van der Waals surface area contributed by atoms with E-state index in [1.807, 2.05) is 39.8 Å². The highest BCUT2D eigenvalue weighted by Gasteiger charge is 2.30. The lowest BCUT2D eigenvalue weighted by Gasteiger charge is -2.28. The SMILES string of the molecule is Cc1ccc(C)c(C(C)(C)CC(=O)O)c1OC(=O)CCN. The van der Waals surface area contributed by atoms with Crippen molar-refractivity contribution in [2.45, 2.75) is 46.0 Å². The Labute approximate surface area is 125 Å². The predicted octanol–water partition coefficient (Wildman–Crippen LogP) is 2.31. The maximum Gasteiger partial charge on any atom is 0.312 e. The first kappa shape index (κ1) is 17.2. The van der Waals surface area contributed by atoms with Crippen LogP contribution in [0.4, 0.5) is 0 Å². The third-order valence-electron chi connectivity index (χ3n) is 3.40. The van der Waals surface area contributed by atoms with Crippen LogP contribution in [0.2, 0.25) is 0 Å². The summed E-state index contributed by atoms with van der Waals surface area (Å²) >= 11 is 0. The lowest BCUT2D eigenvalue weighted by Crippen LogP contribution is -2.25. The van der Waals surface area contributed by atoms with Crippen molar-refractivity contribution in [1.82, 2.24) is 0 Å². The molecule has 1 aromatic rings. The Hall–Kier alpha value is -1.88. The van der Waals surface area contributed by atoms with Gasteiger partial charge in [0.1, 0.15) is 5.75 Å². The number of aryl methyl sites for hydroxylation is 2. The standard InChI is InChI=1S/C16H23NO4/c1-10-5-6-11(2)15(21-13(20)7-8-17)14(10)16(3,4)9-12(18)19/h5-6H,7-9,17H2,1-4H3,(H,18,19). The minimum Gasteiger partial charge on any atom is -0.481 e. The molecule has 0 saturated heterocycles. The van der Waals surface area contributed by atoms with Crippen LogP contribution in [0.3, 0.4) is 0 Å². The number of aliphatic carboxylic acids is 1. The summed E-state index contributed by atoms with van der Waals surface area (Å²) in [5.74, 6) is -0.835. The average Bonchev–Trinajstić information content (AvgIpc) is 2.32. The average molecular weight is 293 g/mol. The number of hydrogen-bond donors (Lipinski definition) is 2. The van der Waals surface area contributed by atoms with Crippen LogP contribution in [0, 0.1) is 13.8 Å². The predicted molar refractivity (Wildman–Crippen MR) is 80.5 cm³/mol. The van der Waals surface area contributed by atoms with Gasteiger partial charge in [0.15, 0.2) is 0 Å². The normalized spacial score (nSPS) is 11.3. The number of hydrogen-bond acceptors (Lipinski definition) is 4. The molecule has 0 unspecified atom stereocenters. The van der Waals surface area contributed by atoms with Gasteiger partial charge in [0, 0.05) is 17.5 Å². The van der Waals surface area contributed by atoms with Crippen molar-refractivity contribution in [1.29, 1.82) is 0 Å². The zero-order valence-electron chi connectivity index (χ0n) is 13.0. The number of benzene rings is 1. The fraction of sp³-hybridized carbons (Fsp3) is 0.500. The summed E-state index contributed by atoms with van der Waals surface area (Å²) in [7, 11) is 0. The first-order valence-corrected chi connectivity index (χ1v) is 6.92. The molecule has 0 saturated carbocycles. The molecule has 0 heterocycles. The summed E-state index contributed by atoms with van der Waals surface area (Å²) < 4.78 is 5.45. The van der Waals surface area contributed by atoms with Crippen LogP contribution < -0.4 is 10.5 Å². The van der Waals surface area contributed by atoms with E-state index in [2.05, 4.69) is 0 Å². The molecule has 0 fully saturated rings. The van der Waals surface area contributed by atoms with E-state index in [9.17, 15) is 9.59 Å². The van der Waals surface area contributed by atoms with Crippen molar-refractivity contribution < 1.29 is 19.4 Å². The molecule has 3 N–H and O–H groups in total. The van der Waals surface area contributed by atoms with Gasteiger partial charge in [-0.2, -0.15) is 0 Å². The molecule has 0 atom stereocenters. The topological polar surface area (TPSA) is 89.6 Å². The van der Waals surface area contributed by atoms with Gasteiger partial charge in [-0.3, -0.25) is 9.59 Å². The Morgan fingerprint density at radius 2 is 1.81 bits per heavy atom. The minimum absolute atomic E-state index is 0.0429. The highest BCUT2D eigenvalue weighted by Crippen LogP contribution is 2.39. The molecule has 0 aliphatic rings. The minimum atomic E-state index is -0.889. The van der Waals surface area contributed by atoms with E-state index in [1.54, 1.807) is 0 Å². The molecule has 0 bridgehead atoms. The molecule has 0 aromatic heterocycles. The van der Waals surface area contributed by atoms with Gasteiger partial charge in [0.25, 0.3) is 0 Å². The van der Waals surface area contributed by atoms with Crippen LogP contribution >= 0.6 is 0 Å². The lowest BCUT2D eigenvalue weighted by atomic mass is 9.78. The van der Waals surface area contributed by atoms with E-state index < -0.39 is 17.4 Å². The zero-order chi connectivity index (χ0) is 16.2. The van der Waals surface area contributed by atoms with E-state index >= 15 is 0 Å². The highest BCUT2D eigenvalue weighted by atomic mass is 16.5. The summed E-state index contributed by atoms with van der Waals surface area (Å²) in [6.45, 7) is 7.62. The summed E-state index contributed by atoms with van der Waals surface area (Å²) in [5, 5.41) is 9.10. The maximum atomic E-state index is 11.8. The number of esters is 1. The van der Waals surface area contributed by atoms with Crippen molar-refractivity contribution in [3.8, 4) is 5.75 Å². The second-order valence-electron chi connectivity index (χ2n) is 5.87. The molecule has 0 aliphatic heterocycles. The van der Waals surface area contributed by atoms with E-state index in [1.165, 1.54) is 0 Å². The summed E-state index contributed by atoms with van der Waals surface area (Å²) in [6.07, 6.45) is 0.0882. The second-order valence-corrected chi connectivity index (χ2v) is 5.87. The molecule has 116 valence electrons. The number of carboxylic acid groups (broad SMARTS) is 1. The molecule has 0 amide bonds. The largest absolute Gasteiger partial charge is 0.481 e. The van der Waals surface area contributed by atoms with E-state index in [-0.39, 0.29) is 19.4 Å². The summed E-state index contributed by atoms with van der Waals surface area (Å²) in [6, 6.07) is 3.77. The molecule has 5 heteroatoms. The molecular weight excluding hydrogens is 270 g/mol. The molecule has 0 spiro atoms. The van der Waals surface area contributed by atoms with Crippen LogP contribution in [0.5, 0.6) is 5.75 Å². The smallest absolute Gasteiger partial charge is 0.312 e. The lowest BCUT2D eigenvalue weighted by molar-refractivity contribution is -0.138. The van der Waals surface area contributed by atoms with Crippen LogP contribution in [0.15, 0.2) is 12.1 Å². The first-order valence-electron chi connectivity index (χ1n) is 6.92. The highest BCUT2D eigenvalue weighted by molar-refractivity contribution is 5.75. The fourth-order valence-corrected chi connectivity index (χ4v) is 2.51. The number of ether oxygens (including phenoxy) is 1. The third-order valence-corrected chi connectivity index (χ3v) is 3.40. The van der Waals surface area contributed by atoms with E-state index in [0.717, 1.165) is 16.7 Å². The van der Waals surface area contributed by atoms with E-state index in [0.29, 0.717) is 5.75 Å². The van der Waals surface area contributed by atoms with Gasteiger partial charge in [-0.15, -0.1) is 0 Å². The Morgan fingerprint density at radius 1 is 1.24 bits per heavy atom. The fourth-order valence-electron chi connectivity index (χ4n) is 2.51. The summed E-state index contributed by atoms with van der Waals surface area (Å²) in [4.78, 5) is 22.9. The van der Waals surface area contributed by atoms with Crippen LogP contribution in [0.25, 0.3) is 0 Å². The number of nitrogens with two attached hydrogens (primary N) is 1. The van der Waals surface area contributed by atoms with Crippen molar-refractivity contribution >= 4 is 11.9 Å². The van der Waals surface area contributed by atoms with Gasteiger partial charge in [-0.05, 0) is 25.0 Å². The van der Waals surface area contributed by atoms with Gasteiger partial charge in [-0.1, -0.05) is 26.0 Å². The zero-order valence-corrected chi connectivity index (χ0v) is 13.0. The molecule has 1 rings (SSSR count). The third kappa shape index (κ3) is 4.29. The summed E-state index contributed by atoms with van der Waals surface area (Å²) in [5.41, 5.74) is 7.19. The van der Waals surface area contributed by atoms with Crippen molar-refractivity contribution in [2.24, 2.45) is 5.73 Å². The number of carbonyl (C=O) groups excluding carboxylic acids is 1. The van der Waals surface area contributed by atoms with Crippen molar-refractivity contribution in [2.75, 3.05) is 6.54 Å².